The Bertz CT molecular complexity index is 813. The average Bonchev–Trinajstić information content (AvgIpc) is 3.24. The van der Waals surface area contributed by atoms with Crippen molar-refractivity contribution < 1.29 is 4.79 Å². The van der Waals surface area contributed by atoms with Crippen molar-refractivity contribution in [3.63, 3.8) is 0 Å². The second kappa shape index (κ2) is 5.78. The van der Waals surface area contributed by atoms with Crippen LogP contribution in [0.2, 0.25) is 0 Å². The topological polar surface area (TPSA) is 20.3 Å². The van der Waals surface area contributed by atoms with Gasteiger partial charge in [-0.1, -0.05) is 36.4 Å². The molecular formula is C18H15NOS2. The maximum absolute atomic E-state index is 12.9. The van der Waals surface area contributed by atoms with Crippen molar-refractivity contribution in [2.45, 2.75) is 5.37 Å². The van der Waals surface area contributed by atoms with E-state index in [-0.39, 0.29) is 11.3 Å². The Morgan fingerprint density at radius 1 is 1.05 bits per heavy atom. The Morgan fingerprint density at radius 3 is 2.73 bits per heavy atom. The van der Waals surface area contributed by atoms with E-state index in [9.17, 15) is 4.79 Å². The molecule has 3 aromatic rings. The highest BCUT2D eigenvalue weighted by atomic mass is 32.2. The van der Waals surface area contributed by atoms with Gasteiger partial charge in [0, 0.05) is 22.7 Å². The zero-order valence-corrected chi connectivity index (χ0v) is 13.6. The monoisotopic (exact) mass is 325 g/mol. The molecule has 1 saturated heterocycles. The maximum Gasteiger partial charge on any atom is 0.255 e. The third-order valence-corrected chi connectivity index (χ3v) is 6.25. The summed E-state index contributed by atoms with van der Waals surface area (Å²) < 4.78 is 0. The molecule has 1 aliphatic heterocycles. The summed E-state index contributed by atoms with van der Waals surface area (Å²) in [5.74, 6) is 1.14. The predicted octanol–water partition coefficient (Wildman–Crippen LogP) is 4.79. The van der Waals surface area contributed by atoms with Crippen LogP contribution in [0, 0.1) is 0 Å². The van der Waals surface area contributed by atoms with Gasteiger partial charge in [0.05, 0.1) is 0 Å². The minimum Gasteiger partial charge on any atom is -0.321 e. The molecular weight excluding hydrogens is 310 g/mol. The number of hydrogen-bond donors (Lipinski definition) is 0. The van der Waals surface area contributed by atoms with Crippen molar-refractivity contribution >= 4 is 39.8 Å². The van der Waals surface area contributed by atoms with Crippen LogP contribution >= 0.6 is 23.1 Å². The summed E-state index contributed by atoms with van der Waals surface area (Å²) in [5.41, 5.74) is 0.780. The zero-order valence-electron chi connectivity index (χ0n) is 11.9. The predicted molar refractivity (Wildman–Crippen MR) is 94.5 cm³/mol. The van der Waals surface area contributed by atoms with Crippen LogP contribution in [0.3, 0.4) is 0 Å². The number of nitrogens with zero attached hydrogens (tertiary/aromatic N) is 1. The van der Waals surface area contributed by atoms with E-state index in [2.05, 4.69) is 29.6 Å². The second-order valence-electron chi connectivity index (χ2n) is 5.30. The Kier molecular flexibility index (Phi) is 3.64. The first kappa shape index (κ1) is 13.9. The van der Waals surface area contributed by atoms with Crippen molar-refractivity contribution in [1.29, 1.82) is 0 Å². The summed E-state index contributed by atoms with van der Waals surface area (Å²) in [4.78, 5) is 16.2. The molecule has 110 valence electrons. The SMILES string of the molecule is O=C(c1ccc2ccccc2c1)N1CCSC1c1cccs1. The lowest BCUT2D eigenvalue weighted by atomic mass is 10.1. The standard InChI is InChI=1S/C18H15NOS2/c20-17(15-8-7-13-4-1-2-5-14(13)12-15)19-9-11-22-18(19)16-6-3-10-21-16/h1-8,10,12,18H,9,11H2. The van der Waals surface area contributed by atoms with Crippen LogP contribution in [-0.2, 0) is 0 Å². The smallest absolute Gasteiger partial charge is 0.255 e. The van der Waals surface area contributed by atoms with Crippen LogP contribution in [0.25, 0.3) is 10.8 Å². The Morgan fingerprint density at radius 2 is 1.91 bits per heavy atom. The van der Waals surface area contributed by atoms with E-state index in [1.54, 1.807) is 11.3 Å². The van der Waals surface area contributed by atoms with Gasteiger partial charge in [-0.25, -0.2) is 0 Å². The number of hydrogen-bond acceptors (Lipinski definition) is 3. The largest absolute Gasteiger partial charge is 0.321 e. The fourth-order valence-electron chi connectivity index (χ4n) is 2.83. The highest BCUT2D eigenvalue weighted by Gasteiger charge is 2.31. The number of amides is 1. The highest BCUT2D eigenvalue weighted by Crippen LogP contribution is 2.40. The Balaban J connectivity index is 1.67. The number of thioether (sulfide) groups is 1. The first-order chi connectivity index (χ1) is 10.8. The van der Waals surface area contributed by atoms with Crippen LogP contribution in [0.15, 0.2) is 60.0 Å². The molecule has 0 bridgehead atoms. The van der Waals surface area contributed by atoms with Crippen LogP contribution in [-0.4, -0.2) is 23.1 Å². The third-order valence-electron chi connectivity index (χ3n) is 3.93. The summed E-state index contributed by atoms with van der Waals surface area (Å²) in [6.07, 6.45) is 0. The van der Waals surface area contributed by atoms with E-state index in [4.69, 9.17) is 0 Å². The van der Waals surface area contributed by atoms with E-state index in [0.29, 0.717) is 0 Å². The molecule has 1 aliphatic rings. The lowest BCUT2D eigenvalue weighted by molar-refractivity contribution is 0.0762. The van der Waals surface area contributed by atoms with Gasteiger partial charge in [0.15, 0.2) is 0 Å². The fraction of sp³-hybridized carbons (Fsp3) is 0.167. The molecule has 2 heterocycles. The highest BCUT2D eigenvalue weighted by molar-refractivity contribution is 7.99. The maximum atomic E-state index is 12.9. The quantitative estimate of drug-likeness (QED) is 0.675. The summed E-state index contributed by atoms with van der Waals surface area (Å²) in [6.45, 7) is 0.818. The summed E-state index contributed by atoms with van der Waals surface area (Å²) in [5, 5.41) is 4.53. The van der Waals surface area contributed by atoms with Crippen molar-refractivity contribution in [3.8, 4) is 0 Å². The third kappa shape index (κ3) is 2.42. The van der Waals surface area contributed by atoms with E-state index in [1.165, 1.54) is 10.3 Å². The molecule has 1 fully saturated rings. The Labute approximate surface area is 137 Å². The van der Waals surface area contributed by atoms with Gasteiger partial charge in [-0.2, -0.15) is 0 Å². The molecule has 2 nitrogen and oxygen atoms in total. The zero-order chi connectivity index (χ0) is 14.9. The van der Waals surface area contributed by atoms with Gasteiger partial charge in [-0.15, -0.1) is 23.1 Å². The molecule has 0 spiro atoms. The summed E-state index contributed by atoms with van der Waals surface area (Å²) in [7, 11) is 0. The molecule has 0 radical (unpaired) electrons. The van der Waals surface area contributed by atoms with Crippen molar-refractivity contribution in [2.75, 3.05) is 12.3 Å². The summed E-state index contributed by atoms with van der Waals surface area (Å²) >= 11 is 3.57. The van der Waals surface area contributed by atoms with E-state index in [1.807, 2.05) is 47.0 Å². The molecule has 0 N–H and O–H groups in total. The molecule has 2 aromatic carbocycles. The first-order valence-electron chi connectivity index (χ1n) is 7.28. The molecule has 22 heavy (non-hydrogen) atoms. The molecule has 4 heteroatoms. The number of rotatable bonds is 2. The average molecular weight is 325 g/mol. The van der Waals surface area contributed by atoms with Crippen LogP contribution < -0.4 is 0 Å². The first-order valence-corrected chi connectivity index (χ1v) is 9.20. The molecule has 0 saturated carbocycles. The number of thiophene rings is 1. The van der Waals surface area contributed by atoms with Gasteiger partial charge in [-0.3, -0.25) is 4.79 Å². The molecule has 1 unspecified atom stereocenters. The van der Waals surface area contributed by atoms with E-state index in [0.717, 1.165) is 23.2 Å². The van der Waals surface area contributed by atoms with Gasteiger partial charge in [-0.05, 0) is 34.4 Å². The summed E-state index contributed by atoms with van der Waals surface area (Å²) in [6, 6.07) is 18.3. The van der Waals surface area contributed by atoms with E-state index < -0.39 is 0 Å². The number of benzene rings is 2. The van der Waals surface area contributed by atoms with Crippen molar-refractivity contribution in [3.05, 3.63) is 70.4 Å². The van der Waals surface area contributed by atoms with E-state index >= 15 is 0 Å². The van der Waals surface area contributed by atoms with Gasteiger partial charge in [0.1, 0.15) is 5.37 Å². The van der Waals surface area contributed by atoms with Gasteiger partial charge >= 0.3 is 0 Å². The number of carbonyl (C=O) groups excluding carboxylic acids is 1. The second-order valence-corrected chi connectivity index (χ2v) is 7.47. The normalized spacial score (nSPS) is 18.0. The van der Waals surface area contributed by atoms with Gasteiger partial charge < -0.3 is 4.90 Å². The van der Waals surface area contributed by atoms with Crippen LogP contribution in [0.4, 0.5) is 0 Å². The van der Waals surface area contributed by atoms with Crippen LogP contribution in [0.5, 0.6) is 0 Å². The lowest BCUT2D eigenvalue weighted by Crippen LogP contribution is -2.30. The minimum atomic E-state index is 0.133. The molecule has 1 aromatic heterocycles. The number of carbonyl (C=O) groups is 1. The van der Waals surface area contributed by atoms with Crippen LogP contribution in [0.1, 0.15) is 20.6 Å². The minimum absolute atomic E-state index is 0.133. The molecule has 0 aliphatic carbocycles. The Hall–Kier alpha value is -1.78. The number of fused-ring (bicyclic) bond motifs is 1. The van der Waals surface area contributed by atoms with Crippen molar-refractivity contribution in [2.24, 2.45) is 0 Å². The molecule has 4 rings (SSSR count). The molecule has 1 atom stereocenters. The fourth-order valence-corrected chi connectivity index (χ4v) is 5.07. The molecule has 1 amide bonds. The van der Waals surface area contributed by atoms with Gasteiger partial charge in [0.2, 0.25) is 0 Å². The van der Waals surface area contributed by atoms with Gasteiger partial charge in [0.25, 0.3) is 5.91 Å². The lowest BCUT2D eigenvalue weighted by Gasteiger charge is -2.23. The van der Waals surface area contributed by atoms with Crippen molar-refractivity contribution in [1.82, 2.24) is 4.90 Å².